The van der Waals surface area contributed by atoms with Crippen molar-refractivity contribution in [3.8, 4) is 0 Å². The van der Waals surface area contributed by atoms with Crippen LogP contribution >= 0.6 is 24.0 Å². The fourth-order valence-electron chi connectivity index (χ4n) is 2.49. The van der Waals surface area contributed by atoms with Crippen molar-refractivity contribution >= 4 is 24.0 Å². The molecule has 1 aliphatic heterocycles. The van der Waals surface area contributed by atoms with Gasteiger partial charge in [-0.2, -0.15) is 13.2 Å². The smallest absolute Gasteiger partial charge is 0.342 e. The average molecular weight is 369 g/mol. The summed E-state index contributed by atoms with van der Waals surface area (Å²) in [6.45, 7) is 0.501. The van der Waals surface area contributed by atoms with Gasteiger partial charge in [-0.05, 0) is 12.1 Å². The zero-order valence-corrected chi connectivity index (χ0v) is 13.3. The lowest BCUT2D eigenvalue weighted by Gasteiger charge is -2.30. The number of benzene rings is 1. The van der Waals surface area contributed by atoms with E-state index in [2.05, 4.69) is 4.98 Å². The van der Waals surface area contributed by atoms with Crippen molar-refractivity contribution in [2.45, 2.75) is 18.5 Å². The molecule has 2 aromatic rings. The molecule has 0 spiro atoms. The summed E-state index contributed by atoms with van der Waals surface area (Å²) in [7, 11) is 0. The van der Waals surface area contributed by atoms with Gasteiger partial charge in [0.15, 0.2) is 0 Å². The maximum atomic E-state index is 13.3. The first-order valence-electron chi connectivity index (χ1n) is 6.52. The molecule has 0 atom stereocenters. The standard InChI is InChI=1S/C14H12ClF3N2O2.ClH/c15-10-1-2-11(12(7-10)14(16,17)18)13(21-5-6-22-13)8-20-4-3-19-9-20;/h1-4,7,9H,5-6,8H2;1H. The molecule has 1 fully saturated rings. The number of ether oxygens (including phenoxy) is 2. The highest BCUT2D eigenvalue weighted by atomic mass is 35.5. The summed E-state index contributed by atoms with van der Waals surface area (Å²) < 4.78 is 52.8. The van der Waals surface area contributed by atoms with Crippen LogP contribution in [0.15, 0.2) is 36.9 Å². The van der Waals surface area contributed by atoms with Gasteiger partial charge < -0.3 is 14.0 Å². The van der Waals surface area contributed by atoms with Crippen LogP contribution in [-0.4, -0.2) is 22.8 Å². The fourth-order valence-corrected chi connectivity index (χ4v) is 2.66. The van der Waals surface area contributed by atoms with E-state index in [4.69, 9.17) is 21.1 Å². The van der Waals surface area contributed by atoms with E-state index in [1.54, 1.807) is 10.8 Å². The number of alkyl halides is 3. The van der Waals surface area contributed by atoms with E-state index in [1.807, 2.05) is 0 Å². The highest BCUT2D eigenvalue weighted by Crippen LogP contribution is 2.42. The Morgan fingerprint density at radius 3 is 2.52 bits per heavy atom. The second kappa shape index (κ2) is 6.68. The lowest BCUT2D eigenvalue weighted by Crippen LogP contribution is -2.35. The molecule has 0 bridgehead atoms. The summed E-state index contributed by atoms with van der Waals surface area (Å²) in [4.78, 5) is 3.88. The molecule has 0 amide bonds. The third kappa shape index (κ3) is 3.63. The topological polar surface area (TPSA) is 36.3 Å². The van der Waals surface area contributed by atoms with E-state index >= 15 is 0 Å². The summed E-state index contributed by atoms with van der Waals surface area (Å²) in [6.07, 6.45) is 0.110. The van der Waals surface area contributed by atoms with Crippen LogP contribution in [0.25, 0.3) is 0 Å². The Morgan fingerprint density at radius 1 is 1.26 bits per heavy atom. The van der Waals surface area contributed by atoms with Gasteiger partial charge in [-0.1, -0.05) is 17.7 Å². The minimum atomic E-state index is -4.56. The Kier molecular flexibility index (Phi) is 5.25. The highest BCUT2D eigenvalue weighted by molar-refractivity contribution is 6.30. The zero-order chi connectivity index (χ0) is 15.8. The van der Waals surface area contributed by atoms with Crippen LogP contribution < -0.4 is 0 Å². The Balaban J connectivity index is 0.00000192. The molecule has 2 heterocycles. The molecule has 1 aromatic carbocycles. The molecule has 0 unspecified atom stereocenters. The van der Waals surface area contributed by atoms with E-state index in [-0.39, 0.29) is 42.8 Å². The molecule has 126 valence electrons. The molecule has 1 saturated heterocycles. The summed E-state index contributed by atoms with van der Waals surface area (Å²) in [5.74, 6) is -1.50. The third-order valence-electron chi connectivity index (χ3n) is 3.40. The van der Waals surface area contributed by atoms with Crippen molar-refractivity contribution < 1.29 is 22.6 Å². The van der Waals surface area contributed by atoms with Crippen LogP contribution in [0.3, 0.4) is 0 Å². The molecule has 9 heteroatoms. The van der Waals surface area contributed by atoms with Gasteiger partial charge in [-0.15, -0.1) is 12.4 Å². The molecule has 4 nitrogen and oxygen atoms in total. The Labute approximate surface area is 141 Å². The van der Waals surface area contributed by atoms with Crippen LogP contribution in [0.2, 0.25) is 5.02 Å². The second-order valence-electron chi connectivity index (χ2n) is 4.87. The van der Waals surface area contributed by atoms with Crippen molar-refractivity contribution in [2.24, 2.45) is 0 Å². The van der Waals surface area contributed by atoms with E-state index in [0.717, 1.165) is 6.07 Å². The van der Waals surface area contributed by atoms with Gasteiger partial charge in [0.05, 0.1) is 31.6 Å². The highest BCUT2D eigenvalue weighted by Gasteiger charge is 2.46. The summed E-state index contributed by atoms with van der Waals surface area (Å²) in [6, 6.07) is 3.58. The number of nitrogens with zero attached hydrogens (tertiary/aromatic N) is 2. The van der Waals surface area contributed by atoms with E-state index < -0.39 is 17.5 Å². The van der Waals surface area contributed by atoms with Crippen LogP contribution in [-0.2, 0) is 28.0 Å². The van der Waals surface area contributed by atoms with Gasteiger partial charge in [-0.25, -0.2) is 4.98 Å². The lowest BCUT2D eigenvalue weighted by molar-refractivity contribution is -0.186. The van der Waals surface area contributed by atoms with Gasteiger partial charge in [0.25, 0.3) is 0 Å². The lowest BCUT2D eigenvalue weighted by atomic mass is 9.98. The number of aromatic nitrogens is 2. The molecular formula is C14H13Cl2F3N2O2. The fraction of sp³-hybridized carbons (Fsp3) is 0.357. The molecule has 0 N–H and O–H groups in total. The van der Waals surface area contributed by atoms with E-state index in [0.29, 0.717) is 0 Å². The van der Waals surface area contributed by atoms with Crippen molar-refractivity contribution in [2.75, 3.05) is 13.2 Å². The Hall–Kier alpha value is -1.28. The minimum absolute atomic E-state index is 0. The second-order valence-corrected chi connectivity index (χ2v) is 5.31. The van der Waals surface area contributed by atoms with Crippen LogP contribution in [0, 0.1) is 0 Å². The molecule has 3 rings (SSSR count). The van der Waals surface area contributed by atoms with Crippen LogP contribution in [0.5, 0.6) is 0 Å². The first kappa shape index (κ1) is 18.1. The normalized spacial score (nSPS) is 17.0. The molecule has 0 aliphatic carbocycles. The van der Waals surface area contributed by atoms with Gasteiger partial charge >= 0.3 is 6.18 Å². The average Bonchev–Trinajstić information content (AvgIpc) is 3.10. The van der Waals surface area contributed by atoms with E-state index in [9.17, 15) is 13.2 Å². The summed E-state index contributed by atoms with van der Waals surface area (Å²) in [5, 5.41) is 0.00635. The molecule has 0 radical (unpaired) electrons. The Morgan fingerprint density at radius 2 is 1.96 bits per heavy atom. The maximum Gasteiger partial charge on any atom is 0.416 e. The van der Waals surface area contributed by atoms with Crippen molar-refractivity contribution in [1.82, 2.24) is 9.55 Å². The maximum absolute atomic E-state index is 13.3. The largest absolute Gasteiger partial charge is 0.416 e. The molecule has 1 aliphatic rings. The van der Waals surface area contributed by atoms with Crippen molar-refractivity contribution in [3.05, 3.63) is 53.1 Å². The van der Waals surface area contributed by atoms with Gasteiger partial charge in [0.2, 0.25) is 5.79 Å². The predicted molar refractivity (Wildman–Crippen MR) is 79.5 cm³/mol. The first-order valence-corrected chi connectivity index (χ1v) is 6.89. The number of rotatable bonds is 3. The number of halogens is 5. The third-order valence-corrected chi connectivity index (χ3v) is 3.64. The van der Waals surface area contributed by atoms with Gasteiger partial charge in [0.1, 0.15) is 0 Å². The van der Waals surface area contributed by atoms with E-state index in [1.165, 1.54) is 24.7 Å². The SMILES string of the molecule is Cl.FC(F)(F)c1cc(Cl)ccc1C1(Cn2ccnc2)OCCO1. The minimum Gasteiger partial charge on any atom is -0.342 e. The van der Waals surface area contributed by atoms with Crippen LogP contribution in [0.4, 0.5) is 13.2 Å². The zero-order valence-electron chi connectivity index (χ0n) is 11.7. The molecule has 23 heavy (non-hydrogen) atoms. The molecule has 0 saturated carbocycles. The number of hydrogen-bond acceptors (Lipinski definition) is 3. The molecular weight excluding hydrogens is 356 g/mol. The first-order chi connectivity index (χ1) is 10.4. The predicted octanol–water partition coefficient (Wildman–Crippen LogP) is 3.88. The van der Waals surface area contributed by atoms with Gasteiger partial charge in [-0.3, -0.25) is 0 Å². The van der Waals surface area contributed by atoms with Crippen molar-refractivity contribution in [1.29, 1.82) is 0 Å². The monoisotopic (exact) mass is 368 g/mol. The quantitative estimate of drug-likeness (QED) is 0.824. The Bertz CT molecular complexity index is 657. The van der Waals surface area contributed by atoms with Gasteiger partial charge in [0, 0.05) is 23.0 Å². The summed E-state index contributed by atoms with van der Waals surface area (Å²) in [5.41, 5.74) is -0.947. The van der Waals surface area contributed by atoms with Crippen molar-refractivity contribution in [3.63, 3.8) is 0 Å². The number of hydrogen-bond donors (Lipinski definition) is 0. The summed E-state index contributed by atoms with van der Waals surface area (Å²) >= 11 is 5.72. The van der Waals surface area contributed by atoms with Crippen LogP contribution in [0.1, 0.15) is 11.1 Å². The molecule has 1 aromatic heterocycles. The number of imidazole rings is 1.